The zero-order chi connectivity index (χ0) is 18.0. The van der Waals surface area contributed by atoms with Crippen LogP contribution in [-0.2, 0) is 3.79 Å². The van der Waals surface area contributed by atoms with Crippen molar-refractivity contribution in [2.45, 2.75) is 23.2 Å². The maximum absolute atomic E-state index is 5.97. The van der Waals surface area contributed by atoms with E-state index >= 15 is 0 Å². The first-order valence-corrected chi connectivity index (χ1v) is 8.22. The fourth-order valence-corrected chi connectivity index (χ4v) is 2.03. The molecule has 0 amide bonds. The molecule has 24 heavy (non-hydrogen) atoms. The molecule has 0 fully saturated rings. The van der Waals surface area contributed by atoms with Gasteiger partial charge in [0.25, 0.3) is 0 Å². The Kier molecular flexibility index (Phi) is 5.75. The Morgan fingerprint density at radius 3 is 2.46 bits per heavy atom. The number of methoxy groups -OCH3 is 1. The molecule has 0 atom stereocenters. The average molecular weight is 391 g/mol. The highest BCUT2D eigenvalue weighted by molar-refractivity contribution is 6.66. The van der Waals surface area contributed by atoms with Crippen molar-refractivity contribution in [3.05, 3.63) is 30.1 Å². The first kappa shape index (κ1) is 19.0. The molecular formula is C15H18Cl3N5O. The number of hydrogen-bond acceptors (Lipinski definition) is 6. The van der Waals surface area contributed by atoms with E-state index in [0.717, 1.165) is 0 Å². The number of rotatable bonds is 5. The Morgan fingerprint density at radius 2 is 1.88 bits per heavy atom. The number of halogens is 3. The summed E-state index contributed by atoms with van der Waals surface area (Å²) in [4.78, 5) is 12.8. The van der Waals surface area contributed by atoms with Crippen molar-refractivity contribution < 1.29 is 4.74 Å². The van der Waals surface area contributed by atoms with Gasteiger partial charge in [0.15, 0.2) is 11.6 Å². The molecule has 9 heteroatoms. The minimum Gasteiger partial charge on any atom is -0.497 e. The van der Waals surface area contributed by atoms with E-state index in [1.807, 2.05) is 32.0 Å². The van der Waals surface area contributed by atoms with Crippen LogP contribution < -0.4 is 15.8 Å². The highest BCUT2D eigenvalue weighted by atomic mass is 35.6. The van der Waals surface area contributed by atoms with Gasteiger partial charge in [0.1, 0.15) is 5.75 Å². The van der Waals surface area contributed by atoms with E-state index in [0.29, 0.717) is 23.7 Å². The largest absolute Gasteiger partial charge is 0.497 e. The van der Waals surface area contributed by atoms with Crippen LogP contribution in [0.3, 0.4) is 0 Å². The van der Waals surface area contributed by atoms with E-state index in [1.165, 1.54) is 0 Å². The third kappa shape index (κ3) is 5.34. The second-order valence-corrected chi connectivity index (χ2v) is 8.16. The maximum Gasteiger partial charge on any atom is 0.250 e. The first-order chi connectivity index (χ1) is 11.1. The van der Waals surface area contributed by atoms with Gasteiger partial charge in [0, 0.05) is 17.6 Å². The summed E-state index contributed by atoms with van der Waals surface area (Å²) in [7, 11) is 1.58. The fourth-order valence-electron chi connectivity index (χ4n) is 1.78. The lowest BCUT2D eigenvalue weighted by molar-refractivity contribution is 0.415. The van der Waals surface area contributed by atoms with Crippen molar-refractivity contribution >= 4 is 40.8 Å². The van der Waals surface area contributed by atoms with Gasteiger partial charge in [0.2, 0.25) is 9.74 Å². The van der Waals surface area contributed by atoms with Gasteiger partial charge < -0.3 is 15.8 Å². The van der Waals surface area contributed by atoms with E-state index in [1.54, 1.807) is 13.2 Å². The molecule has 1 aromatic heterocycles. The molecule has 0 bridgehead atoms. The molecule has 1 aromatic carbocycles. The van der Waals surface area contributed by atoms with Gasteiger partial charge in [0.05, 0.1) is 7.11 Å². The van der Waals surface area contributed by atoms with Gasteiger partial charge in [-0.05, 0) is 26.0 Å². The minimum absolute atomic E-state index is 0.0256. The number of nitrogens with zero attached hydrogens (tertiary/aromatic N) is 3. The van der Waals surface area contributed by atoms with Crippen LogP contribution in [0.2, 0.25) is 0 Å². The maximum atomic E-state index is 5.97. The van der Waals surface area contributed by atoms with Gasteiger partial charge in [-0.1, -0.05) is 46.9 Å². The lowest BCUT2D eigenvalue weighted by Crippen LogP contribution is -2.40. The van der Waals surface area contributed by atoms with Crippen LogP contribution in [0.1, 0.15) is 19.7 Å². The molecule has 2 rings (SSSR count). The lowest BCUT2D eigenvalue weighted by Gasteiger charge is -2.20. The Labute approximate surface area is 155 Å². The summed E-state index contributed by atoms with van der Waals surface area (Å²) in [6.07, 6.45) is 0. The minimum atomic E-state index is -1.77. The van der Waals surface area contributed by atoms with Crippen molar-refractivity contribution in [1.82, 2.24) is 15.0 Å². The molecule has 6 nitrogen and oxygen atoms in total. The Hall–Kier alpha value is -1.34. The summed E-state index contributed by atoms with van der Waals surface area (Å²) < 4.78 is 3.44. The quantitative estimate of drug-likeness (QED) is 0.760. The molecule has 0 aliphatic heterocycles. The number of alkyl halides is 3. The van der Waals surface area contributed by atoms with E-state index < -0.39 is 9.33 Å². The number of aromatic nitrogens is 3. The van der Waals surface area contributed by atoms with Gasteiger partial charge in [-0.2, -0.15) is 9.97 Å². The van der Waals surface area contributed by atoms with Crippen LogP contribution in [0.5, 0.6) is 5.75 Å². The lowest BCUT2D eigenvalue weighted by atomic mass is 10.1. The standard InChI is InChI=1S/C15H18Cl3N5O/c1-14(2,19)8-20-13-22-11(21-12(23-13)15(16,17)18)9-5-4-6-10(7-9)24-3/h4-7H,8,19H2,1-3H3,(H,20,21,22,23). The number of hydrogen-bond donors (Lipinski definition) is 2. The summed E-state index contributed by atoms with van der Waals surface area (Å²) in [5, 5.41) is 3.04. The molecule has 0 saturated carbocycles. The summed E-state index contributed by atoms with van der Waals surface area (Å²) in [6, 6.07) is 7.25. The monoisotopic (exact) mass is 389 g/mol. The van der Waals surface area contributed by atoms with E-state index in [4.69, 9.17) is 45.3 Å². The third-order valence-corrected chi connectivity index (χ3v) is 3.43. The number of nitrogens with two attached hydrogens (primary N) is 1. The first-order valence-electron chi connectivity index (χ1n) is 7.09. The topological polar surface area (TPSA) is 86.0 Å². The van der Waals surface area contributed by atoms with Crippen LogP contribution >= 0.6 is 34.8 Å². The van der Waals surface area contributed by atoms with E-state index in [-0.39, 0.29) is 11.8 Å². The van der Waals surface area contributed by atoms with Crippen molar-refractivity contribution in [3.63, 3.8) is 0 Å². The molecule has 0 aliphatic rings. The van der Waals surface area contributed by atoms with Crippen LogP contribution in [0.15, 0.2) is 24.3 Å². The number of benzene rings is 1. The predicted molar refractivity (Wildman–Crippen MR) is 97.8 cm³/mol. The fraction of sp³-hybridized carbons (Fsp3) is 0.400. The third-order valence-electron chi connectivity index (χ3n) is 2.92. The van der Waals surface area contributed by atoms with Crippen molar-refractivity contribution in [2.75, 3.05) is 19.0 Å². The Balaban J connectivity index is 2.46. The molecule has 1 heterocycles. The second kappa shape index (κ2) is 7.27. The van der Waals surface area contributed by atoms with Gasteiger partial charge >= 0.3 is 0 Å². The number of anilines is 1. The summed E-state index contributed by atoms with van der Waals surface area (Å²) in [5.74, 6) is 1.34. The molecule has 2 aromatic rings. The van der Waals surface area contributed by atoms with Crippen molar-refractivity contribution in [2.24, 2.45) is 5.73 Å². The highest BCUT2D eigenvalue weighted by Gasteiger charge is 2.28. The second-order valence-electron chi connectivity index (χ2n) is 5.88. The molecule has 3 N–H and O–H groups in total. The van der Waals surface area contributed by atoms with E-state index in [9.17, 15) is 0 Å². The van der Waals surface area contributed by atoms with Gasteiger partial charge in [-0.15, -0.1) is 0 Å². The van der Waals surface area contributed by atoms with Crippen molar-refractivity contribution in [1.29, 1.82) is 0 Å². The predicted octanol–water partition coefficient (Wildman–Crippen LogP) is 3.52. The zero-order valence-corrected chi connectivity index (χ0v) is 15.7. The highest BCUT2D eigenvalue weighted by Crippen LogP contribution is 2.37. The zero-order valence-electron chi connectivity index (χ0n) is 13.5. The van der Waals surface area contributed by atoms with Gasteiger partial charge in [-0.3, -0.25) is 0 Å². The van der Waals surface area contributed by atoms with E-state index in [2.05, 4.69) is 20.3 Å². The summed E-state index contributed by atoms with van der Waals surface area (Å²) in [5.41, 5.74) is 6.22. The molecular weight excluding hydrogens is 373 g/mol. The SMILES string of the molecule is COc1cccc(-c2nc(NCC(C)(C)N)nc(C(Cl)(Cl)Cl)n2)c1. The molecule has 0 radical (unpaired) electrons. The summed E-state index contributed by atoms with van der Waals surface area (Å²) >= 11 is 17.8. The smallest absolute Gasteiger partial charge is 0.250 e. The average Bonchev–Trinajstić information content (AvgIpc) is 2.51. The molecule has 0 aliphatic carbocycles. The molecule has 0 saturated heterocycles. The Bertz CT molecular complexity index is 713. The van der Waals surface area contributed by atoms with Crippen molar-refractivity contribution in [3.8, 4) is 17.1 Å². The van der Waals surface area contributed by atoms with Crippen LogP contribution in [0, 0.1) is 0 Å². The Morgan fingerprint density at radius 1 is 1.17 bits per heavy atom. The van der Waals surface area contributed by atoms with Crippen LogP contribution in [0.25, 0.3) is 11.4 Å². The number of ether oxygens (including phenoxy) is 1. The normalized spacial score (nSPS) is 12.1. The van der Waals surface area contributed by atoms with Crippen LogP contribution in [0.4, 0.5) is 5.95 Å². The van der Waals surface area contributed by atoms with Gasteiger partial charge in [-0.25, -0.2) is 4.98 Å². The van der Waals surface area contributed by atoms with Crippen LogP contribution in [-0.4, -0.2) is 34.1 Å². The number of nitrogens with one attached hydrogen (secondary N) is 1. The molecule has 0 unspecified atom stereocenters. The molecule has 0 spiro atoms. The summed E-state index contributed by atoms with van der Waals surface area (Å²) in [6.45, 7) is 4.19. The molecule has 130 valence electrons.